The van der Waals surface area contributed by atoms with E-state index in [-0.39, 0.29) is 17.5 Å². The van der Waals surface area contributed by atoms with Crippen molar-refractivity contribution in [1.82, 2.24) is 5.32 Å². The van der Waals surface area contributed by atoms with E-state index in [1.807, 2.05) is 18.2 Å². The molecule has 4 rings (SSSR count). The molecule has 0 aliphatic carbocycles. The molecule has 4 aromatic rings. The zero-order valence-corrected chi connectivity index (χ0v) is 16.8. The summed E-state index contributed by atoms with van der Waals surface area (Å²) in [6.07, 6.45) is 1.76. The number of phenols is 1. The van der Waals surface area contributed by atoms with Crippen molar-refractivity contribution in [2.75, 3.05) is 7.05 Å². The van der Waals surface area contributed by atoms with E-state index in [9.17, 15) is 14.3 Å². The number of phenolic OH excluding ortho intramolecular Hbond substituents is 1. The van der Waals surface area contributed by atoms with E-state index in [1.165, 1.54) is 12.1 Å². The third-order valence-corrected chi connectivity index (χ3v) is 5.15. The van der Waals surface area contributed by atoms with Gasteiger partial charge in [0.2, 0.25) is 0 Å². The van der Waals surface area contributed by atoms with E-state index >= 15 is 0 Å². The molecule has 30 heavy (non-hydrogen) atoms. The van der Waals surface area contributed by atoms with E-state index in [4.69, 9.17) is 4.42 Å². The van der Waals surface area contributed by atoms with Crippen molar-refractivity contribution in [3.63, 3.8) is 0 Å². The van der Waals surface area contributed by atoms with Gasteiger partial charge in [0.25, 0.3) is 5.91 Å². The van der Waals surface area contributed by atoms with Crippen LogP contribution in [0.3, 0.4) is 0 Å². The molecule has 2 N–H and O–H groups in total. The highest BCUT2D eigenvalue weighted by molar-refractivity contribution is 6.12. The lowest BCUT2D eigenvalue weighted by Crippen LogP contribution is -2.18. The second-order valence-corrected chi connectivity index (χ2v) is 7.20. The number of aryl methyl sites for hydroxylation is 1. The van der Waals surface area contributed by atoms with Gasteiger partial charge in [0.05, 0.1) is 5.56 Å². The molecule has 0 aliphatic heterocycles. The Morgan fingerprint density at radius 3 is 2.50 bits per heavy atom. The molecule has 0 bridgehead atoms. The molecule has 0 aliphatic rings. The summed E-state index contributed by atoms with van der Waals surface area (Å²) < 4.78 is 19.5. The third-order valence-electron chi connectivity index (χ3n) is 5.15. The average Bonchev–Trinajstić information content (AvgIpc) is 3.11. The highest BCUT2D eigenvalue weighted by Crippen LogP contribution is 2.38. The van der Waals surface area contributed by atoms with Crippen LogP contribution in [-0.2, 0) is 6.42 Å². The van der Waals surface area contributed by atoms with Crippen molar-refractivity contribution in [1.29, 1.82) is 0 Å². The number of amides is 1. The number of carbonyl (C=O) groups excluding carboxylic acids is 1. The molecule has 0 saturated carbocycles. The van der Waals surface area contributed by atoms with Crippen LogP contribution >= 0.6 is 0 Å². The minimum Gasteiger partial charge on any atom is -0.508 e. The molecule has 0 saturated heterocycles. The first kappa shape index (κ1) is 19.7. The highest BCUT2D eigenvalue weighted by atomic mass is 19.1. The van der Waals surface area contributed by atoms with Gasteiger partial charge in [-0.2, -0.15) is 0 Å². The summed E-state index contributed by atoms with van der Waals surface area (Å²) in [7, 11) is 1.57. The number of furan rings is 1. The number of nitrogens with one attached hydrogen (secondary N) is 1. The van der Waals surface area contributed by atoms with Crippen LogP contribution in [0.1, 0.15) is 29.3 Å². The van der Waals surface area contributed by atoms with Crippen LogP contribution in [0.5, 0.6) is 5.75 Å². The van der Waals surface area contributed by atoms with Gasteiger partial charge < -0.3 is 14.8 Å². The Hall–Kier alpha value is -3.60. The first-order valence-electron chi connectivity index (χ1n) is 9.88. The van der Waals surface area contributed by atoms with Crippen molar-refractivity contribution in [2.24, 2.45) is 0 Å². The number of rotatable bonds is 5. The Morgan fingerprint density at radius 1 is 1.07 bits per heavy atom. The second-order valence-electron chi connectivity index (χ2n) is 7.20. The summed E-state index contributed by atoms with van der Waals surface area (Å²) in [6, 6.07) is 16.8. The normalized spacial score (nSPS) is 11.0. The largest absolute Gasteiger partial charge is 0.508 e. The van der Waals surface area contributed by atoms with Crippen LogP contribution in [-0.4, -0.2) is 18.1 Å². The van der Waals surface area contributed by atoms with Crippen LogP contribution in [0.15, 0.2) is 65.1 Å². The summed E-state index contributed by atoms with van der Waals surface area (Å²) >= 11 is 0. The molecule has 1 amide bonds. The van der Waals surface area contributed by atoms with Gasteiger partial charge in [-0.1, -0.05) is 25.5 Å². The molecule has 0 fully saturated rings. The van der Waals surface area contributed by atoms with Crippen LogP contribution < -0.4 is 5.32 Å². The molecule has 5 heteroatoms. The number of fused-ring (bicyclic) bond motifs is 1. The number of benzene rings is 3. The quantitative estimate of drug-likeness (QED) is 0.435. The maximum Gasteiger partial charge on any atom is 0.255 e. The van der Waals surface area contributed by atoms with Crippen LogP contribution in [0, 0.1) is 5.82 Å². The fourth-order valence-electron chi connectivity index (χ4n) is 3.76. The van der Waals surface area contributed by atoms with E-state index in [0.29, 0.717) is 27.9 Å². The Kier molecular flexibility index (Phi) is 5.27. The molecular formula is C25H22FNO3. The first-order chi connectivity index (χ1) is 14.5. The Morgan fingerprint density at radius 2 is 1.83 bits per heavy atom. The summed E-state index contributed by atoms with van der Waals surface area (Å²) in [4.78, 5) is 12.8. The van der Waals surface area contributed by atoms with Gasteiger partial charge in [0.15, 0.2) is 0 Å². The summed E-state index contributed by atoms with van der Waals surface area (Å²) in [5, 5.41) is 13.3. The SMILES string of the molecule is CCCc1cc2oc(-c3ccc(F)cc3)c(C(=O)NC)c2cc1-c1cccc(O)c1. The van der Waals surface area contributed by atoms with Gasteiger partial charge >= 0.3 is 0 Å². The number of carbonyl (C=O) groups is 1. The Labute approximate surface area is 174 Å². The van der Waals surface area contributed by atoms with Crippen molar-refractivity contribution in [3.05, 3.63) is 77.6 Å². The van der Waals surface area contributed by atoms with Crippen molar-refractivity contribution < 1.29 is 18.7 Å². The molecule has 1 aromatic heterocycles. The van der Waals surface area contributed by atoms with Crippen molar-refractivity contribution in [2.45, 2.75) is 19.8 Å². The van der Waals surface area contributed by atoms with Crippen LogP contribution in [0.25, 0.3) is 33.4 Å². The van der Waals surface area contributed by atoms with Gasteiger partial charge in [0.1, 0.15) is 22.9 Å². The van der Waals surface area contributed by atoms with Gasteiger partial charge in [-0.25, -0.2) is 4.39 Å². The molecular weight excluding hydrogens is 381 g/mol. The maximum atomic E-state index is 13.4. The molecule has 0 radical (unpaired) electrons. The molecule has 152 valence electrons. The molecule has 0 atom stereocenters. The number of hydrogen-bond acceptors (Lipinski definition) is 3. The van der Waals surface area contributed by atoms with Crippen molar-refractivity contribution in [3.8, 4) is 28.2 Å². The van der Waals surface area contributed by atoms with Crippen molar-refractivity contribution >= 4 is 16.9 Å². The molecule has 4 nitrogen and oxygen atoms in total. The molecule has 0 spiro atoms. The third kappa shape index (κ3) is 3.54. The number of halogens is 1. The Bertz CT molecular complexity index is 1230. The molecule has 0 unspecified atom stereocenters. The first-order valence-corrected chi connectivity index (χ1v) is 9.88. The summed E-state index contributed by atoms with van der Waals surface area (Å²) in [5.74, 6) is -0.0495. The zero-order valence-electron chi connectivity index (χ0n) is 16.8. The van der Waals surface area contributed by atoms with Gasteiger partial charge in [0, 0.05) is 18.0 Å². The minimum atomic E-state index is -0.354. The second kappa shape index (κ2) is 8.03. The highest BCUT2D eigenvalue weighted by Gasteiger charge is 2.23. The fourth-order valence-corrected chi connectivity index (χ4v) is 3.76. The molecule has 1 heterocycles. The maximum absolute atomic E-state index is 13.4. The predicted octanol–water partition coefficient (Wildman–Crippen LogP) is 5.92. The average molecular weight is 403 g/mol. The van der Waals surface area contributed by atoms with E-state index in [2.05, 4.69) is 12.2 Å². The zero-order chi connectivity index (χ0) is 21.3. The lowest BCUT2D eigenvalue weighted by Gasteiger charge is -2.10. The van der Waals surface area contributed by atoms with Gasteiger partial charge in [-0.05, 0) is 71.6 Å². The molecule has 3 aromatic carbocycles. The standard InChI is InChI=1S/C25H22FNO3/c1-3-5-16-13-22-21(14-20(16)17-6-4-7-19(28)12-17)23(25(29)27-2)24(30-22)15-8-10-18(26)11-9-15/h4,6-14,28H,3,5H2,1-2H3,(H,27,29). The summed E-state index contributed by atoms with van der Waals surface area (Å²) in [6.45, 7) is 2.10. The van der Waals surface area contributed by atoms with Gasteiger partial charge in [-0.15, -0.1) is 0 Å². The topological polar surface area (TPSA) is 62.5 Å². The lowest BCUT2D eigenvalue weighted by molar-refractivity contribution is 0.0964. The van der Waals surface area contributed by atoms with E-state index < -0.39 is 0 Å². The number of hydrogen-bond donors (Lipinski definition) is 2. The smallest absolute Gasteiger partial charge is 0.255 e. The number of aromatic hydroxyl groups is 1. The lowest BCUT2D eigenvalue weighted by atomic mass is 9.93. The minimum absolute atomic E-state index is 0.181. The van der Waals surface area contributed by atoms with E-state index in [1.54, 1.807) is 37.4 Å². The van der Waals surface area contributed by atoms with Crippen LogP contribution in [0.4, 0.5) is 4.39 Å². The van der Waals surface area contributed by atoms with Gasteiger partial charge in [-0.3, -0.25) is 4.79 Å². The fraction of sp³-hybridized carbons (Fsp3) is 0.160. The predicted molar refractivity (Wildman–Crippen MR) is 116 cm³/mol. The van der Waals surface area contributed by atoms with Crippen LogP contribution in [0.2, 0.25) is 0 Å². The van der Waals surface area contributed by atoms with E-state index in [0.717, 1.165) is 29.5 Å². The summed E-state index contributed by atoms with van der Waals surface area (Å²) in [5.41, 5.74) is 4.51. The monoisotopic (exact) mass is 403 g/mol. The Balaban J connectivity index is 2.01.